The monoisotopic (exact) mass is 247 g/mol. The summed E-state index contributed by atoms with van der Waals surface area (Å²) < 4.78 is 37.7. The molecule has 0 saturated carbocycles. The highest BCUT2D eigenvalue weighted by Crippen LogP contribution is 2.33. The third-order valence-corrected chi connectivity index (χ3v) is 2.93. The molecule has 17 heavy (non-hydrogen) atoms. The lowest BCUT2D eigenvalue weighted by molar-refractivity contribution is -0.137. The van der Waals surface area contributed by atoms with Gasteiger partial charge < -0.3 is 10.8 Å². The summed E-state index contributed by atoms with van der Waals surface area (Å²) >= 11 is 0. The average molecular weight is 247 g/mol. The van der Waals surface area contributed by atoms with Gasteiger partial charge in [-0.05, 0) is 24.6 Å². The van der Waals surface area contributed by atoms with Crippen molar-refractivity contribution in [2.24, 2.45) is 5.73 Å². The van der Waals surface area contributed by atoms with Gasteiger partial charge in [0.15, 0.2) is 0 Å². The minimum Gasteiger partial charge on any atom is -0.395 e. The SMILES string of the molecule is CC(CO)(CCN)c1cccc(C(F)(F)F)c1. The van der Waals surface area contributed by atoms with Crippen LogP contribution in [0.25, 0.3) is 0 Å². The first kappa shape index (κ1) is 14.0. The minimum atomic E-state index is -4.37. The van der Waals surface area contributed by atoms with Crippen molar-refractivity contribution in [3.05, 3.63) is 35.4 Å². The molecule has 0 aliphatic carbocycles. The van der Waals surface area contributed by atoms with Crippen LogP contribution in [0.2, 0.25) is 0 Å². The van der Waals surface area contributed by atoms with Gasteiger partial charge in [-0.3, -0.25) is 0 Å². The van der Waals surface area contributed by atoms with E-state index in [0.717, 1.165) is 12.1 Å². The molecule has 5 heteroatoms. The maximum Gasteiger partial charge on any atom is 0.416 e. The Kier molecular flexibility index (Phi) is 4.16. The van der Waals surface area contributed by atoms with Crippen molar-refractivity contribution in [2.45, 2.75) is 24.9 Å². The summed E-state index contributed by atoms with van der Waals surface area (Å²) in [4.78, 5) is 0. The third kappa shape index (κ3) is 3.20. The molecule has 0 fully saturated rings. The Balaban J connectivity index is 3.14. The van der Waals surface area contributed by atoms with Gasteiger partial charge in [0.2, 0.25) is 0 Å². The molecule has 1 aromatic rings. The summed E-state index contributed by atoms with van der Waals surface area (Å²) in [6, 6.07) is 5.03. The van der Waals surface area contributed by atoms with Crippen LogP contribution in [0.4, 0.5) is 13.2 Å². The second-order valence-corrected chi connectivity index (χ2v) is 4.34. The van der Waals surface area contributed by atoms with Gasteiger partial charge in [0.05, 0.1) is 12.2 Å². The number of benzene rings is 1. The quantitative estimate of drug-likeness (QED) is 0.857. The van der Waals surface area contributed by atoms with E-state index in [4.69, 9.17) is 5.73 Å². The summed E-state index contributed by atoms with van der Waals surface area (Å²) in [5, 5.41) is 9.33. The summed E-state index contributed by atoms with van der Waals surface area (Å²) in [6.45, 7) is 1.79. The Morgan fingerprint density at radius 3 is 2.29 bits per heavy atom. The molecule has 0 spiro atoms. The number of rotatable bonds is 4. The van der Waals surface area contributed by atoms with Gasteiger partial charge in [0.25, 0.3) is 0 Å². The molecule has 0 aromatic heterocycles. The second kappa shape index (κ2) is 5.06. The smallest absolute Gasteiger partial charge is 0.395 e. The number of hydrogen-bond donors (Lipinski definition) is 2. The van der Waals surface area contributed by atoms with Crippen molar-refractivity contribution in [3.63, 3.8) is 0 Å². The molecule has 0 aliphatic rings. The highest BCUT2D eigenvalue weighted by molar-refractivity contribution is 5.31. The zero-order chi connectivity index (χ0) is 13.1. The zero-order valence-electron chi connectivity index (χ0n) is 9.59. The lowest BCUT2D eigenvalue weighted by atomic mass is 9.80. The lowest BCUT2D eigenvalue weighted by Gasteiger charge is -2.28. The van der Waals surface area contributed by atoms with E-state index in [0.29, 0.717) is 18.5 Å². The van der Waals surface area contributed by atoms with E-state index in [9.17, 15) is 18.3 Å². The van der Waals surface area contributed by atoms with E-state index in [1.165, 1.54) is 6.07 Å². The molecule has 1 atom stereocenters. The van der Waals surface area contributed by atoms with Crippen molar-refractivity contribution in [2.75, 3.05) is 13.2 Å². The first-order chi connectivity index (χ1) is 7.83. The molecule has 1 aromatic carbocycles. The Bertz CT molecular complexity index is 378. The Labute approximate surface area is 98.3 Å². The van der Waals surface area contributed by atoms with E-state index in [2.05, 4.69) is 0 Å². The molecule has 0 aliphatic heterocycles. The number of nitrogens with two attached hydrogens (primary N) is 1. The second-order valence-electron chi connectivity index (χ2n) is 4.34. The highest BCUT2D eigenvalue weighted by atomic mass is 19.4. The number of aliphatic hydroxyl groups is 1. The number of alkyl halides is 3. The maximum absolute atomic E-state index is 12.6. The number of aliphatic hydroxyl groups excluding tert-OH is 1. The third-order valence-electron chi connectivity index (χ3n) is 2.93. The topological polar surface area (TPSA) is 46.2 Å². The van der Waals surface area contributed by atoms with Crippen LogP contribution in [0, 0.1) is 0 Å². The van der Waals surface area contributed by atoms with E-state index in [-0.39, 0.29) is 6.61 Å². The van der Waals surface area contributed by atoms with E-state index >= 15 is 0 Å². The van der Waals surface area contributed by atoms with Crippen molar-refractivity contribution in [1.29, 1.82) is 0 Å². The molecule has 96 valence electrons. The normalized spacial score (nSPS) is 15.6. The summed E-state index contributed by atoms with van der Waals surface area (Å²) in [5.41, 5.74) is 4.45. The Hall–Kier alpha value is -1.07. The first-order valence-electron chi connectivity index (χ1n) is 5.32. The van der Waals surface area contributed by atoms with Crippen LogP contribution in [0.3, 0.4) is 0 Å². The molecule has 1 rings (SSSR count). The Morgan fingerprint density at radius 2 is 1.82 bits per heavy atom. The van der Waals surface area contributed by atoms with Gasteiger partial charge in [-0.1, -0.05) is 25.1 Å². The van der Waals surface area contributed by atoms with Crippen LogP contribution in [0.1, 0.15) is 24.5 Å². The van der Waals surface area contributed by atoms with Gasteiger partial charge >= 0.3 is 6.18 Å². The first-order valence-corrected chi connectivity index (χ1v) is 5.32. The predicted octanol–water partition coefficient (Wildman–Crippen LogP) is 2.30. The average Bonchev–Trinajstić information content (AvgIpc) is 2.28. The fourth-order valence-corrected chi connectivity index (χ4v) is 1.70. The largest absolute Gasteiger partial charge is 0.416 e. The molecule has 0 saturated heterocycles. The molecule has 0 radical (unpaired) electrons. The number of hydrogen-bond acceptors (Lipinski definition) is 2. The molecule has 0 amide bonds. The van der Waals surface area contributed by atoms with Crippen molar-refractivity contribution in [1.82, 2.24) is 0 Å². The van der Waals surface area contributed by atoms with Crippen LogP contribution in [0.15, 0.2) is 24.3 Å². The van der Waals surface area contributed by atoms with Gasteiger partial charge in [0.1, 0.15) is 0 Å². The van der Waals surface area contributed by atoms with E-state index in [1.54, 1.807) is 13.0 Å². The predicted molar refractivity (Wildman–Crippen MR) is 59.6 cm³/mol. The van der Waals surface area contributed by atoms with E-state index < -0.39 is 17.2 Å². The van der Waals surface area contributed by atoms with Gasteiger partial charge in [0, 0.05) is 5.41 Å². The molecule has 0 bridgehead atoms. The minimum absolute atomic E-state index is 0.231. The van der Waals surface area contributed by atoms with Crippen LogP contribution in [0.5, 0.6) is 0 Å². The molecule has 3 N–H and O–H groups in total. The molecular weight excluding hydrogens is 231 g/mol. The zero-order valence-corrected chi connectivity index (χ0v) is 9.59. The van der Waals surface area contributed by atoms with E-state index in [1.807, 2.05) is 0 Å². The van der Waals surface area contributed by atoms with Crippen LogP contribution in [-0.4, -0.2) is 18.3 Å². The van der Waals surface area contributed by atoms with Gasteiger partial charge in [-0.25, -0.2) is 0 Å². The standard InChI is InChI=1S/C12H16F3NO/c1-11(8-17,5-6-16)9-3-2-4-10(7-9)12(13,14)15/h2-4,7,17H,5-6,8,16H2,1H3. The Morgan fingerprint density at radius 1 is 1.24 bits per heavy atom. The fraction of sp³-hybridized carbons (Fsp3) is 0.500. The van der Waals surface area contributed by atoms with Gasteiger partial charge in [-0.2, -0.15) is 13.2 Å². The van der Waals surface area contributed by atoms with Crippen molar-refractivity contribution < 1.29 is 18.3 Å². The molecule has 2 nitrogen and oxygen atoms in total. The van der Waals surface area contributed by atoms with Crippen molar-refractivity contribution >= 4 is 0 Å². The molecular formula is C12H16F3NO. The van der Waals surface area contributed by atoms with Gasteiger partial charge in [-0.15, -0.1) is 0 Å². The van der Waals surface area contributed by atoms with Crippen LogP contribution in [-0.2, 0) is 11.6 Å². The lowest BCUT2D eigenvalue weighted by Crippen LogP contribution is -2.30. The highest BCUT2D eigenvalue weighted by Gasteiger charge is 2.33. The molecule has 1 unspecified atom stereocenters. The van der Waals surface area contributed by atoms with Crippen LogP contribution >= 0.6 is 0 Å². The maximum atomic E-state index is 12.6. The fourth-order valence-electron chi connectivity index (χ4n) is 1.70. The summed E-state index contributed by atoms with van der Waals surface area (Å²) in [5.74, 6) is 0. The summed E-state index contributed by atoms with van der Waals surface area (Å²) in [7, 11) is 0. The number of halogens is 3. The summed E-state index contributed by atoms with van der Waals surface area (Å²) in [6.07, 6.45) is -3.93. The molecule has 0 heterocycles. The van der Waals surface area contributed by atoms with Crippen molar-refractivity contribution in [3.8, 4) is 0 Å². The van der Waals surface area contributed by atoms with Crippen LogP contribution < -0.4 is 5.73 Å².